The largest absolute Gasteiger partial charge is 0.351 e. The monoisotopic (exact) mass is 330 g/mol. The summed E-state index contributed by atoms with van der Waals surface area (Å²) in [7, 11) is 0. The molecule has 1 aliphatic rings. The molecular weight excluding hydrogens is 316 g/mol. The zero-order valence-electron chi connectivity index (χ0n) is 12.3. The summed E-state index contributed by atoms with van der Waals surface area (Å²) in [6.45, 7) is 0.457. The Labute approximate surface area is 137 Å². The summed E-state index contributed by atoms with van der Waals surface area (Å²) >= 11 is 5.95. The van der Waals surface area contributed by atoms with Crippen molar-refractivity contribution in [3.63, 3.8) is 0 Å². The lowest BCUT2D eigenvalue weighted by molar-refractivity contribution is 0.0949. The van der Waals surface area contributed by atoms with Crippen molar-refractivity contribution in [2.45, 2.75) is 25.2 Å². The number of nitrogens with one attached hydrogen (secondary N) is 2. The Morgan fingerprint density at radius 2 is 2.26 bits per heavy atom. The molecule has 0 unspecified atom stereocenters. The van der Waals surface area contributed by atoms with Crippen molar-refractivity contribution < 1.29 is 9.32 Å². The third kappa shape index (κ3) is 3.07. The minimum atomic E-state index is -0.164. The van der Waals surface area contributed by atoms with Gasteiger partial charge in [0.25, 0.3) is 5.91 Å². The highest BCUT2D eigenvalue weighted by molar-refractivity contribution is 6.31. The minimum Gasteiger partial charge on any atom is -0.351 e. The molecule has 23 heavy (non-hydrogen) atoms. The van der Waals surface area contributed by atoms with E-state index in [9.17, 15) is 4.79 Å². The van der Waals surface area contributed by atoms with Crippen LogP contribution in [0, 0.1) is 0 Å². The van der Waals surface area contributed by atoms with Crippen LogP contribution in [-0.4, -0.2) is 27.6 Å². The third-order valence-corrected chi connectivity index (χ3v) is 4.11. The second-order valence-corrected chi connectivity index (χ2v) is 6.18. The van der Waals surface area contributed by atoms with Gasteiger partial charge in [-0.1, -0.05) is 16.8 Å². The van der Waals surface area contributed by atoms with Crippen LogP contribution >= 0.6 is 11.6 Å². The highest BCUT2D eigenvalue weighted by atomic mass is 35.5. The molecule has 118 valence electrons. The first-order valence-corrected chi connectivity index (χ1v) is 7.96. The molecule has 0 bridgehead atoms. The number of fused-ring (bicyclic) bond motifs is 1. The van der Waals surface area contributed by atoms with Crippen LogP contribution in [0.3, 0.4) is 0 Å². The lowest BCUT2D eigenvalue weighted by Gasteiger charge is -2.00. The molecule has 1 aliphatic carbocycles. The van der Waals surface area contributed by atoms with Crippen molar-refractivity contribution >= 4 is 28.4 Å². The number of amides is 1. The van der Waals surface area contributed by atoms with E-state index in [1.807, 2.05) is 12.1 Å². The number of aromatic amines is 1. The van der Waals surface area contributed by atoms with Gasteiger partial charge in [-0.25, -0.2) is 0 Å². The van der Waals surface area contributed by atoms with Crippen molar-refractivity contribution in [2.75, 3.05) is 6.54 Å². The SMILES string of the molecule is O=C(NCCc1noc(C2CC2)n1)c1cc2cc(Cl)ccc2[nH]1. The molecule has 2 N–H and O–H groups in total. The minimum absolute atomic E-state index is 0.164. The van der Waals surface area contributed by atoms with E-state index < -0.39 is 0 Å². The number of H-pyrrole nitrogens is 1. The van der Waals surface area contributed by atoms with Gasteiger partial charge in [-0.15, -0.1) is 0 Å². The maximum absolute atomic E-state index is 12.2. The van der Waals surface area contributed by atoms with E-state index in [0.29, 0.717) is 35.4 Å². The normalized spacial score (nSPS) is 14.3. The summed E-state index contributed by atoms with van der Waals surface area (Å²) in [5, 5.41) is 8.34. The van der Waals surface area contributed by atoms with E-state index in [4.69, 9.17) is 16.1 Å². The van der Waals surface area contributed by atoms with Gasteiger partial charge in [0.2, 0.25) is 5.89 Å². The van der Waals surface area contributed by atoms with Crippen LogP contribution in [0.4, 0.5) is 0 Å². The fourth-order valence-corrected chi connectivity index (χ4v) is 2.65. The molecule has 0 aliphatic heterocycles. The Hall–Kier alpha value is -2.34. The van der Waals surface area contributed by atoms with Crippen molar-refractivity contribution in [3.8, 4) is 0 Å². The van der Waals surface area contributed by atoms with Crippen molar-refractivity contribution in [2.24, 2.45) is 0 Å². The third-order valence-electron chi connectivity index (χ3n) is 3.87. The number of benzene rings is 1. The van der Waals surface area contributed by atoms with Crippen molar-refractivity contribution in [3.05, 3.63) is 46.7 Å². The summed E-state index contributed by atoms with van der Waals surface area (Å²) in [6, 6.07) is 7.25. The Morgan fingerprint density at radius 1 is 1.39 bits per heavy atom. The summed E-state index contributed by atoms with van der Waals surface area (Å²) in [4.78, 5) is 19.6. The van der Waals surface area contributed by atoms with Gasteiger partial charge in [-0.2, -0.15) is 4.98 Å². The number of aromatic nitrogens is 3. The molecule has 4 rings (SSSR count). The van der Waals surface area contributed by atoms with Crippen LogP contribution in [0.5, 0.6) is 0 Å². The first-order valence-electron chi connectivity index (χ1n) is 7.58. The first kappa shape index (κ1) is 14.3. The quantitative estimate of drug-likeness (QED) is 0.753. The number of carbonyl (C=O) groups excluding carboxylic acids is 1. The fraction of sp³-hybridized carbons (Fsp3) is 0.312. The van der Waals surface area contributed by atoms with Gasteiger partial charge < -0.3 is 14.8 Å². The molecule has 6 nitrogen and oxygen atoms in total. The topological polar surface area (TPSA) is 83.8 Å². The molecule has 0 radical (unpaired) electrons. The van der Waals surface area contributed by atoms with Gasteiger partial charge >= 0.3 is 0 Å². The van der Waals surface area contributed by atoms with E-state index in [-0.39, 0.29) is 5.91 Å². The number of halogens is 1. The fourth-order valence-electron chi connectivity index (χ4n) is 2.47. The maximum atomic E-state index is 12.2. The van der Waals surface area contributed by atoms with Crippen LogP contribution in [0.2, 0.25) is 5.02 Å². The molecule has 1 aromatic carbocycles. The van der Waals surface area contributed by atoms with E-state index in [0.717, 1.165) is 29.6 Å². The second-order valence-electron chi connectivity index (χ2n) is 5.74. The molecule has 2 aromatic heterocycles. The number of rotatable bonds is 5. The molecule has 1 fully saturated rings. The molecule has 0 atom stereocenters. The summed E-state index contributed by atoms with van der Waals surface area (Å²) < 4.78 is 5.19. The molecule has 0 spiro atoms. The van der Waals surface area contributed by atoms with Gasteiger partial charge in [0, 0.05) is 34.8 Å². The molecule has 2 heterocycles. The van der Waals surface area contributed by atoms with Gasteiger partial charge in [-0.05, 0) is 37.1 Å². The smallest absolute Gasteiger partial charge is 0.267 e. The first-order chi connectivity index (χ1) is 11.2. The second kappa shape index (κ2) is 5.70. The van der Waals surface area contributed by atoms with Gasteiger partial charge in [0.15, 0.2) is 5.82 Å². The van der Waals surface area contributed by atoms with Crippen molar-refractivity contribution in [1.82, 2.24) is 20.4 Å². The average Bonchev–Trinajstić information content (AvgIpc) is 3.13. The zero-order chi connectivity index (χ0) is 15.8. The lowest BCUT2D eigenvalue weighted by Crippen LogP contribution is -2.26. The molecule has 7 heteroatoms. The van der Waals surface area contributed by atoms with Crippen molar-refractivity contribution in [1.29, 1.82) is 0 Å². The Balaban J connectivity index is 1.36. The number of hydrogen-bond donors (Lipinski definition) is 2. The number of hydrogen-bond acceptors (Lipinski definition) is 4. The molecule has 0 saturated heterocycles. The van der Waals surface area contributed by atoms with Gasteiger partial charge in [0.1, 0.15) is 5.69 Å². The predicted molar refractivity (Wildman–Crippen MR) is 85.6 cm³/mol. The molecular formula is C16H15ClN4O2. The summed E-state index contributed by atoms with van der Waals surface area (Å²) in [5.41, 5.74) is 1.39. The van der Waals surface area contributed by atoms with Crippen LogP contribution in [0.1, 0.15) is 41.0 Å². The van der Waals surface area contributed by atoms with E-state index in [1.165, 1.54) is 0 Å². The predicted octanol–water partition coefficient (Wildman–Crippen LogP) is 3.05. The Kier molecular flexibility index (Phi) is 3.53. The highest BCUT2D eigenvalue weighted by Crippen LogP contribution is 2.38. The zero-order valence-corrected chi connectivity index (χ0v) is 13.1. The van der Waals surface area contributed by atoms with E-state index in [2.05, 4.69) is 20.4 Å². The number of nitrogens with zero attached hydrogens (tertiary/aromatic N) is 2. The standard InChI is InChI=1S/C16H15ClN4O2/c17-11-3-4-12-10(7-11)8-13(19-12)15(22)18-6-5-14-20-16(23-21-14)9-1-2-9/h3-4,7-9,19H,1-2,5-6H2,(H,18,22). The van der Waals surface area contributed by atoms with Gasteiger partial charge in [0.05, 0.1) is 0 Å². The highest BCUT2D eigenvalue weighted by Gasteiger charge is 2.29. The van der Waals surface area contributed by atoms with Crippen LogP contribution < -0.4 is 5.32 Å². The van der Waals surface area contributed by atoms with Gasteiger partial charge in [-0.3, -0.25) is 4.79 Å². The molecule has 3 aromatic rings. The average molecular weight is 331 g/mol. The molecule has 1 saturated carbocycles. The van der Waals surface area contributed by atoms with Crippen LogP contribution in [0.25, 0.3) is 10.9 Å². The Morgan fingerprint density at radius 3 is 3.09 bits per heavy atom. The summed E-state index contributed by atoms with van der Waals surface area (Å²) in [5.74, 6) is 1.64. The lowest BCUT2D eigenvalue weighted by atomic mass is 10.2. The van der Waals surface area contributed by atoms with E-state index >= 15 is 0 Å². The van der Waals surface area contributed by atoms with E-state index in [1.54, 1.807) is 12.1 Å². The number of carbonyl (C=O) groups is 1. The van der Waals surface area contributed by atoms with Crippen LogP contribution in [-0.2, 0) is 6.42 Å². The molecule has 1 amide bonds. The maximum Gasteiger partial charge on any atom is 0.267 e. The summed E-state index contributed by atoms with van der Waals surface area (Å²) in [6.07, 6.45) is 2.81. The van der Waals surface area contributed by atoms with Crippen LogP contribution in [0.15, 0.2) is 28.8 Å². The Bertz CT molecular complexity index is 866.